The lowest BCUT2D eigenvalue weighted by molar-refractivity contribution is 0.568. The predicted molar refractivity (Wildman–Crippen MR) is 65.9 cm³/mol. The summed E-state index contributed by atoms with van der Waals surface area (Å²) < 4.78 is 26.2. The topological polar surface area (TPSA) is 57.8 Å². The summed E-state index contributed by atoms with van der Waals surface area (Å²) in [5.74, 6) is 0.484. The Hall–Kier alpha value is -2.46. The Bertz CT molecular complexity index is 645. The second-order valence-electron chi connectivity index (χ2n) is 3.91. The molecule has 1 aromatic carbocycles. The van der Waals surface area contributed by atoms with Gasteiger partial charge in [-0.1, -0.05) is 6.07 Å². The van der Waals surface area contributed by atoms with Crippen molar-refractivity contribution in [3.8, 4) is 0 Å². The zero-order valence-corrected chi connectivity index (χ0v) is 10.1. The number of nitrogens with one attached hydrogen (secondary N) is 2. The molecule has 4 nitrogen and oxygen atoms in total. The zero-order chi connectivity index (χ0) is 13.8. The molecule has 0 amide bonds. The van der Waals surface area contributed by atoms with Crippen molar-refractivity contribution in [2.75, 3.05) is 7.05 Å². The molecule has 6 heteroatoms. The molecule has 0 unspecified atom stereocenters. The van der Waals surface area contributed by atoms with Crippen LogP contribution in [0.3, 0.4) is 0 Å². The van der Waals surface area contributed by atoms with Crippen LogP contribution < -0.4 is 5.32 Å². The number of benzene rings is 1. The van der Waals surface area contributed by atoms with E-state index in [4.69, 9.17) is 0 Å². The molecule has 1 heterocycles. The van der Waals surface area contributed by atoms with Crippen LogP contribution in [-0.4, -0.2) is 23.2 Å². The SMILES string of the molecule is CNC(=C=O)c1cc(Cc2ccc(F)cc2F)n[nH]1. The maximum absolute atomic E-state index is 13.5. The normalized spacial score (nSPS) is 10.1. The number of aromatic amines is 1. The van der Waals surface area contributed by atoms with Gasteiger partial charge in [0.2, 0.25) is 0 Å². The largest absolute Gasteiger partial charge is 0.377 e. The zero-order valence-electron chi connectivity index (χ0n) is 10.1. The van der Waals surface area contributed by atoms with Crippen LogP contribution in [0.5, 0.6) is 0 Å². The molecule has 0 aliphatic heterocycles. The number of nitrogens with zero attached hydrogens (tertiary/aromatic N) is 1. The van der Waals surface area contributed by atoms with Crippen molar-refractivity contribution in [3.05, 3.63) is 52.9 Å². The summed E-state index contributed by atoms with van der Waals surface area (Å²) in [6.07, 6.45) is 0.207. The van der Waals surface area contributed by atoms with Crippen molar-refractivity contribution >= 4 is 11.6 Å². The van der Waals surface area contributed by atoms with Gasteiger partial charge in [-0.15, -0.1) is 0 Å². The molecule has 98 valence electrons. The van der Waals surface area contributed by atoms with Gasteiger partial charge in [0, 0.05) is 19.5 Å². The van der Waals surface area contributed by atoms with E-state index >= 15 is 0 Å². The Kier molecular flexibility index (Phi) is 3.73. The van der Waals surface area contributed by atoms with E-state index in [1.807, 2.05) is 0 Å². The van der Waals surface area contributed by atoms with Gasteiger partial charge in [0.25, 0.3) is 0 Å². The molecule has 0 atom stereocenters. The van der Waals surface area contributed by atoms with E-state index in [1.165, 1.54) is 12.1 Å². The first-order valence-electron chi connectivity index (χ1n) is 5.55. The lowest BCUT2D eigenvalue weighted by Gasteiger charge is -2.00. The number of halogens is 2. The van der Waals surface area contributed by atoms with E-state index in [0.717, 1.165) is 6.07 Å². The minimum Gasteiger partial charge on any atom is -0.377 e. The van der Waals surface area contributed by atoms with Gasteiger partial charge in [-0.25, -0.2) is 13.6 Å². The van der Waals surface area contributed by atoms with Crippen LogP contribution in [0, 0.1) is 11.6 Å². The van der Waals surface area contributed by atoms with Gasteiger partial charge < -0.3 is 5.32 Å². The van der Waals surface area contributed by atoms with Gasteiger partial charge in [-0.2, -0.15) is 5.10 Å². The number of rotatable bonds is 4. The van der Waals surface area contributed by atoms with Crippen LogP contribution in [0.15, 0.2) is 24.3 Å². The average Bonchev–Trinajstić information content (AvgIpc) is 2.83. The number of hydrogen-bond acceptors (Lipinski definition) is 3. The van der Waals surface area contributed by atoms with Crippen molar-refractivity contribution in [2.45, 2.75) is 6.42 Å². The highest BCUT2D eigenvalue weighted by molar-refractivity contribution is 5.84. The number of hydrogen-bond donors (Lipinski definition) is 2. The summed E-state index contributed by atoms with van der Waals surface area (Å²) in [5.41, 5.74) is 1.58. The van der Waals surface area contributed by atoms with Gasteiger partial charge in [0.1, 0.15) is 17.3 Å². The molecule has 0 aliphatic rings. The summed E-state index contributed by atoms with van der Waals surface area (Å²) in [6, 6.07) is 5.00. The third-order valence-corrected chi connectivity index (χ3v) is 2.64. The highest BCUT2D eigenvalue weighted by Gasteiger charge is 2.09. The third-order valence-electron chi connectivity index (χ3n) is 2.64. The summed E-state index contributed by atoms with van der Waals surface area (Å²) in [7, 11) is 1.58. The standard InChI is InChI=1S/C13H11F2N3O/c1-16-13(7-19)12-6-10(17-18-12)4-8-2-3-9(14)5-11(8)15/h2-3,5-6,16H,4H2,1H3,(H,17,18). The summed E-state index contributed by atoms with van der Waals surface area (Å²) in [4.78, 5) is 10.6. The lowest BCUT2D eigenvalue weighted by atomic mass is 10.1. The molecule has 2 aromatic rings. The van der Waals surface area contributed by atoms with Crippen molar-refractivity contribution in [3.63, 3.8) is 0 Å². The first-order valence-corrected chi connectivity index (χ1v) is 5.55. The third kappa shape index (κ3) is 2.86. The van der Waals surface area contributed by atoms with E-state index < -0.39 is 11.6 Å². The molecule has 1 aromatic heterocycles. The molecule has 0 spiro atoms. The van der Waals surface area contributed by atoms with Crippen LogP contribution in [0.1, 0.15) is 17.0 Å². The highest BCUT2D eigenvalue weighted by atomic mass is 19.1. The lowest BCUT2D eigenvalue weighted by Crippen LogP contribution is -2.05. The van der Waals surface area contributed by atoms with Crippen LogP contribution in [0.25, 0.3) is 5.70 Å². The van der Waals surface area contributed by atoms with Crippen LogP contribution in [0.2, 0.25) is 0 Å². The molecule has 0 radical (unpaired) electrons. The minimum absolute atomic E-state index is 0.207. The van der Waals surface area contributed by atoms with Gasteiger partial charge >= 0.3 is 0 Å². The van der Waals surface area contributed by atoms with Gasteiger partial charge in [0.05, 0.1) is 11.4 Å². The van der Waals surface area contributed by atoms with E-state index in [9.17, 15) is 13.6 Å². The molecule has 0 fully saturated rings. The monoisotopic (exact) mass is 263 g/mol. The van der Waals surface area contributed by atoms with E-state index in [-0.39, 0.29) is 12.1 Å². The molecular weight excluding hydrogens is 252 g/mol. The predicted octanol–water partition coefficient (Wildman–Crippen LogP) is 1.67. The smallest absolute Gasteiger partial charge is 0.152 e. The van der Waals surface area contributed by atoms with Gasteiger partial charge in [0.15, 0.2) is 5.94 Å². The van der Waals surface area contributed by atoms with Crippen molar-refractivity contribution in [1.29, 1.82) is 0 Å². The fourth-order valence-electron chi connectivity index (χ4n) is 1.68. The van der Waals surface area contributed by atoms with Crippen molar-refractivity contribution in [2.24, 2.45) is 0 Å². The summed E-state index contributed by atoms with van der Waals surface area (Å²) in [6.45, 7) is 0. The van der Waals surface area contributed by atoms with Crippen LogP contribution in [0.4, 0.5) is 8.78 Å². The maximum Gasteiger partial charge on any atom is 0.152 e. The Morgan fingerprint density at radius 3 is 2.84 bits per heavy atom. The first kappa shape index (κ1) is 13.0. The average molecular weight is 263 g/mol. The van der Waals surface area contributed by atoms with Crippen LogP contribution in [-0.2, 0) is 11.2 Å². The summed E-state index contributed by atoms with van der Waals surface area (Å²) >= 11 is 0. The fraction of sp³-hybridized carbons (Fsp3) is 0.154. The van der Waals surface area contributed by atoms with E-state index in [1.54, 1.807) is 19.1 Å². The van der Waals surface area contributed by atoms with E-state index in [0.29, 0.717) is 17.0 Å². The molecule has 0 bridgehead atoms. The summed E-state index contributed by atoms with van der Waals surface area (Å²) in [5, 5.41) is 9.28. The Morgan fingerprint density at radius 1 is 1.42 bits per heavy atom. The minimum atomic E-state index is -0.621. The van der Waals surface area contributed by atoms with Gasteiger partial charge in [-0.05, 0) is 17.7 Å². The maximum atomic E-state index is 13.5. The second-order valence-corrected chi connectivity index (χ2v) is 3.91. The molecular formula is C13H11F2N3O. The second kappa shape index (κ2) is 5.46. The molecule has 19 heavy (non-hydrogen) atoms. The van der Waals surface area contributed by atoms with Gasteiger partial charge in [-0.3, -0.25) is 5.10 Å². The number of aromatic nitrogens is 2. The fourth-order valence-corrected chi connectivity index (χ4v) is 1.68. The van der Waals surface area contributed by atoms with Crippen molar-refractivity contribution < 1.29 is 13.6 Å². The molecule has 0 saturated carbocycles. The molecule has 2 rings (SSSR count). The van der Waals surface area contributed by atoms with Crippen molar-refractivity contribution in [1.82, 2.24) is 15.5 Å². The Labute approximate surface area is 108 Å². The molecule has 0 aliphatic carbocycles. The van der Waals surface area contributed by atoms with Crippen LogP contribution >= 0.6 is 0 Å². The highest BCUT2D eigenvalue weighted by Crippen LogP contribution is 2.15. The van der Waals surface area contributed by atoms with E-state index in [2.05, 4.69) is 15.5 Å². The Morgan fingerprint density at radius 2 is 2.21 bits per heavy atom. The quantitative estimate of drug-likeness (QED) is 0.825. The number of H-pyrrole nitrogens is 1. The Balaban J connectivity index is 2.22. The number of carbonyl (C=O) groups excluding carboxylic acids is 1. The molecule has 2 N–H and O–H groups in total. The first-order chi connectivity index (χ1) is 9.13. The molecule has 0 saturated heterocycles.